The van der Waals surface area contributed by atoms with Crippen LogP contribution in [-0.4, -0.2) is 24.7 Å². The van der Waals surface area contributed by atoms with Gasteiger partial charge in [-0.2, -0.15) is 0 Å². The van der Waals surface area contributed by atoms with Crippen LogP contribution in [0.2, 0.25) is 0 Å². The van der Waals surface area contributed by atoms with Crippen molar-refractivity contribution >= 4 is 12.0 Å². The van der Waals surface area contributed by atoms with Crippen LogP contribution in [0.4, 0.5) is 0 Å². The van der Waals surface area contributed by atoms with Crippen LogP contribution in [0.15, 0.2) is 30.3 Å². The molecule has 0 aromatic heterocycles. The summed E-state index contributed by atoms with van der Waals surface area (Å²) in [6.45, 7) is 0.809. The summed E-state index contributed by atoms with van der Waals surface area (Å²) in [6, 6.07) is 7.54. The van der Waals surface area contributed by atoms with Crippen LogP contribution in [0, 0.1) is 0 Å². The monoisotopic (exact) mass is 205 g/mol. The van der Waals surface area contributed by atoms with E-state index >= 15 is 0 Å². The van der Waals surface area contributed by atoms with E-state index in [2.05, 4.69) is 5.32 Å². The number of benzene rings is 1. The first-order chi connectivity index (χ1) is 7.22. The molecule has 80 valence electrons. The van der Waals surface area contributed by atoms with Crippen molar-refractivity contribution in [2.24, 2.45) is 0 Å². The zero-order chi connectivity index (χ0) is 11.1. The summed E-state index contributed by atoms with van der Waals surface area (Å²) in [5.74, 6) is -0.800. The summed E-state index contributed by atoms with van der Waals surface area (Å²) in [4.78, 5) is 10.5. The molecule has 1 rings (SSSR count). The van der Waals surface area contributed by atoms with Crippen molar-refractivity contribution in [1.82, 2.24) is 5.32 Å². The standard InChI is InChI=1S/C12H15NO2/c1-13-7-3-6-10-4-2-5-11(8-10)9-12(14)15/h2-6,8,13H,7,9H2,1H3,(H,14,15). The molecule has 15 heavy (non-hydrogen) atoms. The van der Waals surface area contributed by atoms with Gasteiger partial charge in [-0.25, -0.2) is 0 Å². The molecule has 0 fully saturated rings. The van der Waals surface area contributed by atoms with Crippen molar-refractivity contribution in [3.8, 4) is 0 Å². The molecule has 0 radical (unpaired) electrons. The average molecular weight is 205 g/mol. The number of nitrogens with one attached hydrogen (secondary N) is 1. The molecule has 3 heteroatoms. The minimum Gasteiger partial charge on any atom is -0.481 e. The van der Waals surface area contributed by atoms with E-state index in [1.807, 2.05) is 43.5 Å². The molecule has 0 atom stereocenters. The molecule has 0 heterocycles. The summed E-state index contributed by atoms with van der Waals surface area (Å²) < 4.78 is 0. The molecule has 0 aliphatic carbocycles. The Balaban J connectivity index is 2.69. The lowest BCUT2D eigenvalue weighted by Crippen LogP contribution is -2.03. The molecule has 0 saturated heterocycles. The Morgan fingerprint density at radius 1 is 1.53 bits per heavy atom. The maximum Gasteiger partial charge on any atom is 0.307 e. The fourth-order valence-corrected chi connectivity index (χ4v) is 1.29. The second-order valence-corrected chi connectivity index (χ2v) is 3.28. The van der Waals surface area contributed by atoms with Crippen LogP contribution in [0.5, 0.6) is 0 Å². The van der Waals surface area contributed by atoms with Gasteiger partial charge in [-0.3, -0.25) is 4.79 Å². The molecular weight excluding hydrogens is 190 g/mol. The Labute approximate surface area is 89.4 Å². The normalized spacial score (nSPS) is 10.7. The topological polar surface area (TPSA) is 49.3 Å². The first-order valence-corrected chi connectivity index (χ1v) is 4.84. The Kier molecular flexibility index (Phi) is 4.57. The third-order valence-corrected chi connectivity index (χ3v) is 1.94. The Morgan fingerprint density at radius 2 is 2.33 bits per heavy atom. The lowest BCUT2D eigenvalue weighted by Gasteiger charge is -1.99. The van der Waals surface area contributed by atoms with E-state index in [9.17, 15) is 4.79 Å². The van der Waals surface area contributed by atoms with Gasteiger partial charge < -0.3 is 10.4 Å². The van der Waals surface area contributed by atoms with Gasteiger partial charge in [0.1, 0.15) is 0 Å². The lowest BCUT2D eigenvalue weighted by molar-refractivity contribution is -0.136. The van der Waals surface area contributed by atoms with Crippen molar-refractivity contribution < 1.29 is 9.90 Å². The van der Waals surface area contributed by atoms with Crippen LogP contribution in [0.3, 0.4) is 0 Å². The fraction of sp³-hybridized carbons (Fsp3) is 0.250. The first kappa shape index (κ1) is 11.5. The van der Waals surface area contributed by atoms with Gasteiger partial charge >= 0.3 is 5.97 Å². The number of likely N-dealkylation sites (N-methyl/N-ethyl adjacent to an activating group) is 1. The van der Waals surface area contributed by atoms with E-state index in [1.54, 1.807) is 0 Å². The smallest absolute Gasteiger partial charge is 0.307 e. The highest BCUT2D eigenvalue weighted by Crippen LogP contribution is 2.07. The SMILES string of the molecule is CNCC=Cc1cccc(CC(=O)O)c1. The van der Waals surface area contributed by atoms with Crippen LogP contribution in [-0.2, 0) is 11.2 Å². The minimum atomic E-state index is -0.800. The molecule has 0 saturated carbocycles. The third-order valence-electron chi connectivity index (χ3n) is 1.94. The van der Waals surface area contributed by atoms with E-state index in [0.717, 1.165) is 17.7 Å². The summed E-state index contributed by atoms with van der Waals surface area (Å²) >= 11 is 0. The summed E-state index contributed by atoms with van der Waals surface area (Å²) in [5, 5.41) is 11.6. The quantitative estimate of drug-likeness (QED) is 0.766. The molecule has 0 aliphatic heterocycles. The number of hydrogen-bond donors (Lipinski definition) is 2. The van der Waals surface area contributed by atoms with Crippen LogP contribution < -0.4 is 5.32 Å². The van der Waals surface area contributed by atoms with E-state index in [4.69, 9.17) is 5.11 Å². The van der Waals surface area contributed by atoms with Crippen molar-refractivity contribution in [2.75, 3.05) is 13.6 Å². The number of hydrogen-bond acceptors (Lipinski definition) is 2. The van der Waals surface area contributed by atoms with E-state index in [-0.39, 0.29) is 6.42 Å². The van der Waals surface area contributed by atoms with Gasteiger partial charge in [-0.05, 0) is 18.2 Å². The highest BCUT2D eigenvalue weighted by Gasteiger charge is 1.99. The van der Waals surface area contributed by atoms with E-state index < -0.39 is 5.97 Å². The molecule has 1 aromatic carbocycles. The predicted molar refractivity (Wildman–Crippen MR) is 60.7 cm³/mol. The molecule has 0 aliphatic rings. The van der Waals surface area contributed by atoms with Gasteiger partial charge in [0.05, 0.1) is 6.42 Å². The zero-order valence-electron chi connectivity index (χ0n) is 8.73. The molecule has 0 amide bonds. The average Bonchev–Trinajstić information content (AvgIpc) is 2.18. The number of carbonyl (C=O) groups is 1. The van der Waals surface area contributed by atoms with Crippen molar-refractivity contribution in [3.05, 3.63) is 41.5 Å². The number of rotatable bonds is 5. The number of carboxylic acid groups (broad SMARTS) is 1. The summed E-state index contributed by atoms with van der Waals surface area (Å²) in [7, 11) is 1.88. The van der Waals surface area contributed by atoms with Gasteiger partial charge in [-0.1, -0.05) is 36.4 Å². The molecule has 0 spiro atoms. The molecule has 1 aromatic rings. The van der Waals surface area contributed by atoms with Crippen molar-refractivity contribution in [2.45, 2.75) is 6.42 Å². The molecular formula is C12H15NO2. The fourth-order valence-electron chi connectivity index (χ4n) is 1.29. The highest BCUT2D eigenvalue weighted by molar-refractivity contribution is 5.70. The first-order valence-electron chi connectivity index (χ1n) is 4.84. The van der Waals surface area contributed by atoms with Crippen molar-refractivity contribution in [1.29, 1.82) is 0 Å². The maximum atomic E-state index is 10.5. The minimum absolute atomic E-state index is 0.0771. The number of carboxylic acids is 1. The Bertz CT molecular complexity index is 358. The summed E-state index contributed by atoms with van der Waals surface area (Å²) in [6.07, 6.45) is 4.05. The second kappa shape index (κ2) is 5.98. The molecule has 0 unspecified atom stereocenters. The van der Waals surface area contributed by atoms with Crippen LogP contribution >= 0.6 is 0 Å². The van der Waals surface area contributed by atoms with Gasteiger partial charge in [0.25, 0.3) is 0 Å². The van der Waals surface area contributed by atoms with Gasteiger partial charge in [0.2, 0.25) is 0 Å². The van der Waals surface area contributed by atoms with Crippen molar-refractivity contribution in [3.63, 3.8) is 0 Å². The van der Waals surface area contributed by atoms with Crippen LogP contribution in [0.1, 0.15) is 11.1 Å². The maximum absolute atomic E-state index is 10.5. The molecule has 0 bridgehead atoms. The van der Waals surface area contributed by atoms with Gasteiger partial charge in [-0.15, -0.1) is 0 Å². The van der Waals surface area contributed by atoms with E-state index in [1.165, 1.54) is 0 Å². The number of aliphatic carboxylic acids is 1. The highest BCUT2D eigenvalue weighted by atomic mass is 16.4. The van der Waals surface area contributed by atoms with Crippen LogP contribution in [0.25, 0.3) is 6.08 Å². The third kappa shape index (κ3) is 4.42. The Morgan fingerprint density at radius 3 is 3.00 bits per heavy atom. The second-order valence-electron chi connectivity index (χ2n) is 3.28. The predicted octanol–water partition coefficient (Wildman–Crippen LogP) is 1.55. The Hall–Kier alpha value is -1.61. The molecule has 2 N–H and O–H groups in total. The molecule has 3 nitrogen and oxygen atoms in total. The van der Waals surface area contributed by atoms with Gasteiger partial charge in [0.15, 0.2) is 0 Å². The summed E-state index contributed by atoms with van der Waals surface area (Å²) in [5.41, 5.74) is 1.86. The lowest BCUT2D eigenvalue weighted by atomic mass is 10.1. The van der Waals surface area contributed by atoms with Gasteiger partial charge in [0, 0.05) is 6.54 Å². The van der Waals surface area contributed by atoms with E-state index in [0.29, 0.717) is 0 Å². The largest absolute Gasteiger partial charge is 0.481 e. The zero-order valence-corrected chi connectivity index (χ0v) is 8.73.